The highest BCUT2D eigenvalue weighted by Gasteiger charge is 2.24. The van der Waals surface area contributed by atoms with E-state index in [1.165, 1.54) is 0 Å². The molecule has 5 nitrogen and oxygen atoms in total. The summed E-state index contributed by atoms with van der Waals surface area (Å²) in [5, 5.41) is 5.80. The molecule has 2 amide bonds. The van der Waals surface area contributed by atoms with Gasteiger partial charge in [-0.25, -0.2) is 0 Å². The van der Waals surface area contributed by atoms with E-state index < -0.39 is 0 Å². The standard InChI is InChI=1S/C17H25N3O2/c1-12-7-9-20(10-8-12)17(22)13(2)19-15-6-4-5-14(11-15)16(21)18-3/h4-6,11-13,19H,7-10H2,1-3H3,(H,18,21)/t13-/m1/s1. The lowest BCUT2D eigenvalue weighted by atomic mass is 9.99. The van der Waals surface area contributed by atoms with E-state index in [4.69, 9.17) is 0 Å². The second kappa shape index (κ2) is 7.29. The van der Waals surface area contributed by atoms with Gasteiger partial charge in [-0.05, 0) is 43.9 Å². The van der Waals surface area contributed by atoms with Gasteiger partial charge in [-0.3, -0.25) is 9.59 Å². The number of rotatable bonds is 4. The molecule has 0 aliphatic carbocycles. The fourth-order valence-corrected chi connectivity index (χ4v) is 2.71. The van der Waals surface area contributed by atoms with Crippen LogP contribution in [-0.2, 0) is 4.79 Å². The summed E-state index contributed by atoms with van der Waals surface area (Å²) in [5.41, 5.74) is 1.37. The third-order valence-electron chi connectivity index (χ3n) is 4.20. The zero-order valence-electron chi connectivity index (χ0n) is 13.6. The van der Waals surface area contributed by atoms with Crippen molar-refractivity contribution in [3.63, 3.8) is 0 Å². The normalized spacial score (nSPS) is 17.0. The first-order valence-electron chi connectivity index (χ1n) is 7.88. The number of hydrogen-bond acceptors (Lipinski definition) is 3. The Labute approximate surface area is 132 Å². The molecular formula is C17H25N3O2. The summed E-state index contributed by atoms with van der Waals surface area (Å²) in [5.74, 6) is 0.696. The Kier molecular flexibility index (Phi) is 5.41. The van der Waals surface area contributed by atoms with Gasteiger partial charge in [0.25, 0.3) is 5.91 Å². The highest BCUT2D eigenvalue weighted by Crippen LogP contribution is 2.18. The second-order valence-electron chi connectivity index (χ2n) is 6.03. The van der Waals surface area contributed by atoms with Crippen molar-refractivity contribution in [3.8, 4) is 0 Å². The van der Waals surface area contributed by atoms with Gasteiger partial charge in [0.15, 0.2) is 0 Å². The molecule has 0 spiro atoms. The molecule has 5 heteroatoms. The number of nitrogens with one attached hydrogen (secondary N) is 2. The third kappa shape index (κ3) is 4.00. The van der Waals surface area contributed by atoms with Crippen molar-refractivity contribution in [2.75, 3.05) is 25.5 Å². The van der Waals surface area contributed by atoms with Gasteiger partial charge >= 0.3 is 0 Å². The van der Waals surface area contributed by atoms with E-state index in [-0.39, 0.29) is 17.9 Å². The molecule has 1 aromatic carbocycles. The zero-order chi connectivity index (χ0) is 16.1. The maximum atomic E-state index is 12.5. The maximum absolute atomic E-state index is 12.5. The van der Waals surface area contributed by atoms with Crippen molar-refractivity contribution in [3.05, 3.63) is 29.8 Å². The minimum atomic E-state index is -0.298. The van der Waals surface area contributed by atoms with Crippen LogP contribution >= 0.6 is 0 Å². The van der Waals surface area contributed by atoms with Gasteiger partial charge in [-0.15, -0.1) is 0 Å². The number of carbonyl (C=O) groups excluding carboxylic acids is 2. The average molecular weight is 303 g/mol. The van der Waals surface area contributed by atoms with E-state index in [2.05, 4.69) is 17.6 Å². The fraction of sp³-hybridized carbons (Fsp3) is 0.529. The lowest BCUT2D eigenvalue weighted by Crippen LogP contribution is -2.45. The first-order valence-corrected chi connectivity index (χ1v) is 7.88. The molecule has 0 aromatic heterocycles. The molecule has 0 unspecified atom stereocenters. The van der Waals surface area contributed by atoms with E-state index in [1.807, 2.05) is 24.0 Å². The summed E-state index contributed by atoms with van der Waals surface area (Å²) in [6.45, 7) is 5.77. The lowest BCUT2D eigenvalue weighted by Gasteiger charge is -2.32. The first-order chi connectivity index (χ1) is 10.5. The van der Waals surface area contributed by atoms with Gasteiger partial charge in [0.05, 0.1) is 0 Å². The van der Waals surface area contributed by atoms with Gasteiger partial charge < -0.3 is 15.5 Å². The highest BCUT2D eigenvalue weighted by atomic mass is 16.2. The van der Waals surface area contributed by atoms with Crippen LogP contribution in [0.3, 0.4) is 0 Å². The molecule has 0 bridgehead atoms. The molecule has 1 fully saturated rings. The summed E-state index contributed by atoms with van der Waals surface area (Å²) >= 11 is 0. The number of likely N-dealkylation sites (tertiary alicyclic amines) is 1. The van der Waals surface area contributed by atoms with Crippen molar-refractivity contribution >= 4 is 17.5 Å². The number of nitrogens with zero attached hydrogens (tertiary/aromatic N) is 1. The summed E-state index contributed by atoms with van der Waals surface area (Å²) in [6, 6.07) is 6.90. The second-order valence-corrected chi connectivity index (χ2v) is 6.03. The quantitative estimate of drug-likeness (QED) is 0.895. The van der Waals surface area contributed by atoms with Gasteiger partial charge in [0.1, 0.15) is 6.04 Å². The molecule has 0 saturated carbocycles. The van der Waals surface area contributed by atoms with Crippen molar-refractivity contribution in [1.82, 2.24) is 10.2 Å². The third-order valence-corrected chi connectivity index (χ3v) is 4.20. The van der Waals surface area contributed by atoms with E-state index in [0.717, 1.165) is 31.6 Å². The predicted molar refractivity (Wildman–Crippen MR) is 87.9 cm³/mol. The molecule has 2 rings (SSSR count). The van der Waals surface area contributed by atoms with Crippen LogP contribution in [0.1, 0.15) is 37.0 Å². The van der Waals surface area contributed by atoms with Crippen LogP contribution in [0.25, 0.3) is 0 Å². The average Bonchev–Trinajstić information content (AvgIpc) is 2.54. The molecule has 1 heterocycles. The Morgan fingerprint density at radius 3 is 2.59 bits per heavy atom. The summed E-state index contributed by atoms with van der Waals surface area (Å²) < 4.78 is 0. The van der Waals surface area contributed by atoms with Crippen LogP contribution in [0.5, 0.6) is 0 Å². The Bertz CT molecular complexity index is 536. The minimum Gasteiger partial charge on any atom is -0.374 e. The van der Waals surface area contributed by atoms with E-state index >= 15 is 0 Å². The molecule has 22 heavy (non-hydrogen) atoms. The van der Waals surface area contributed by atoms with Gasteiger partial charge in [0.2, 0.25) is 5.91 Å². The van der Waals surface area contributed by atoms with Crippen LogP contribution in [0.15, 0.2) is 24.3 Å². The molecule has 1 saturated heterocycles. The van der Waals surface area contributed by atoms with Crippen molar-refractivity contribution < 1.29 is 9.59 Å². The smallest absolute Gasteiger partial charge is 0.251 e. The van der Waals surface area contributed by atoms with Crippen LogP contribution in [-0.4, -0.2) is 42.9 Å². The fourth-order valence-electron chi connectivity index (χ4n) is 2.71. The van der Waals surface area contributed by atoms with Crippen LogP contribution in [0.2, 0.25) is 0 Å². The zero-order valence-corrected chi connectivity index (χ0v) is 13.6. The molecular weight excluding hydrogens is 278 g/mol. The molecule has 1 aromatic rings. The number of hydrogen-bond donors (Lipinski definition) is 2. The lowest BCUT2D eigenvalue weighted by molar-refractivity contribution is -0.132. The largest absolute Gasteiger partial charge is 0.374 e. The van der Waals surface area contributed by atoms with Crippen molar-refractivity contribution in [2.45, 2.75) is 32.7 Å². The number of piperidine rings is 1. The van der Waals surface area contributed by atoms with Crippen LogP contribution < -0.4 is 10.6 Å². The minimum absolute atomic E-state index is 0.122. The maximum Gasteiger partial charge on any atom is 0.251 e. The SMILES string of the molecule is CNC(=O)c1cccc(N[C@H](C)C(=O)N2CCC(C)CC2)c1. The highest BCUT2D eigenvalue weighted by molar-refractivity contribution is 5.95. The number of anilines is 1. The molecule has 1 atom stereocenters. The first kappa shape index (κ1) is 16.3. The number of carbonyl (C=O) groups is 2. The Morgan fingerprint density at radius 2 is 1.95 bits per heavy atom. The molecule has 0 radical (unpaired) electrons. The van der Waals surface area contributed by atoms with Crippen LogP contribution in [0, 0.1) is 5.92 Å². The molecule has 2 N–H and O–H groups in total. The molecule has 120 valence electrons. The molecule has 1 aliphatic heterocycles. The monoisotopic (exact) mass is 303 g/mol. The Balaban J connectivity index is 1.97. The predicted octanol–water partition coefficient (Wildman–Crippen LogP) is 2.11. The van der Waals surface area contributed by atoms with Crippen LogP contribution in [0.4, 0.5) is 5.69 Å². The summed E-state index contributed by atoms with van der Waals surface area (Å²) in [4.78, 5) is 26.0. The van der Waals surface area contributed by atoms with Crippen molar-refractivity contribution in [2.24, 2.45) is 5.92 Å². The van der Waals surface area contributed by atoms with E-state index in [9.17, 15) is 9.59 Å². The Hall–Kier alpha value is -2.04. The van der Waals surface area contributed by atoms with E-state index in [0.29, 0.717) is 11.5 Å². The number of benzene rings is 1. The summed E-state index contributed by atoms with van der Waals surface area (Å²) in [7, 11) is 1.60. The summed E-state index contributed by atoms with van der Waals surface area (Å²) in [6.07, 6.45) is 2.15. The van der Waals surface area contributed by atoms with Gasteiger partial charge in [-0.1, -0.05) is 13.0 Å². The molecule has 1 aliphatic rings. The van der Waals surface area contributed by atoms with Gasteiger partial charge in [0, 0.05) is 31.4 Å². The topological polar surface area (TPSA) is 61.4 Å². The van der Waals surface area contributed by atoms with Crippen molar-refractivity contribution in [1.29, 1.82) is 0 Å². The Morgan fingerprint density at radius 1 is 1.27 bits per heavy atom. The van der Waals surface area contributed by atoms with Gasteiger partial charge in [-0.2, -0.15) is 0 Å². The number of amides is 2. The van der Waals surface area contributed by atoms with E-state index in [1.54, 1.807) is 19.2 Å².